The standard InChI is InChI=1S/C23H28O10/c1-21-9-13(24)12-8-23(21,22(12,2)20(29)33-21)32-19-17(27)16(26)15(25)14(31-19)10-30-18(28)11-6-4-3-5-7-11/h3-7,12-17,19,24-27H,8-10H2,1-2H3/t12-,13-,14-,15-,16+,17-,19+,21+,22?,23-/m1/s1. The zero-order valence-electron chi connectivity index (χ0n) is 18.3. The van der Waals surface area contributed by atoms with Gasteiger partial charge in [0, 0.05) is 12.3 Å². The van der Waals surface area contributed by atoms with Crippen LogP contribution in [0.4, 0.5) is 0 Å². The molecule has 3 saturated carbocycles. The van der Waals surface area contributed by atoms with Crippen LogP contribution >= 0.6 is 0 Å². The largest absolute Gasteiger partial charge is 0.459 e. The Kier molecular flexibility index (Phi) is 5.13. The highest BCUT2D eigenvalue weighted by molar-refractivity contribution is 5.89. The van der Waals surface area contributed by atoms with Crippen LogP contribution in [0.1, 0.15) is 37.0 Å². The number of hydrogen-bond donors (Lipinski definition) is 4. The molecule has 1 aromatic rings. The van der Waals surface area contributed by atoms with Crippen molar-refractivity contribution >= 4 is 11.9 Å². The lowest BCUT2D eigenvalue weighted by Gasteiger charge is -2.66. The summed E-state index contributed by atoms with van der Waals surface area (Å²) in [5.74, 6) is -1.49. The molecule has 5 fully saturated rings. The normalized spacial score (nSPS) is 48.1. The summed E-state index contributed by atoms with van der Waals surface area (Å²) in [7, 11) is 0. The summed E-state index contributed by atoms with van der Waals surface area (Å²) in [6, 6.07) is 8.25. The van der Waals surface area contributed by atoms with E-state index in [1.165, 1.54) is 0 Å². The number of ether oxygens (including phenoxy) is 4. The molecule has 4 bridgehead atoms. The number of carbonyl (C=O) groups is 2. The number of rotatable bonds is 5. The molecular formula is C23H28O10. The van der Waals surface area contributed by atoms with Crippen molar-refractivity contribution in [3.63, 3.8) is 0 Å². The van der Waals surface area contributed by atoms with Crippen LogP contribution in [0, 0.1) is 11.3 Å². The van der Waals surface area contributed by atoms with Crippen molar-refractivity contribution in [1.82, 2.24) is 0 Å². The highest BCUT2D eigenvalue weighted by Gasteiger charge is 2.86. The minimum atomic E-state index is -1.64. The van der Waals surface area contributed by atoms with E-state index in [1.807, 2.05) is 0 Å². The Hall–Kier alpha value is -2.08. The zero-order chi connectivity index (χ0) is 23.8. The van der Waals surface area contributed by atoms with Gasteiger partial charge in [0.25, 0.3) is 0 Å². The van der Waals surface area contributed by atoms with Gasteiger partial charge in [0.15, 0.2) is 6.29 Å². The van der Waals surface area contributed by atoms with Gasteiger partial charge in [-0.05, 0) is 32.4 Å². The summed E-state index contributed by atoms with van der Waals surface area (Å²) in [6.07, 6.45) is -7.65. The van der Waals surface area contributed by atoms with Gasteiger partial charge in [-0.3, -0.25) is 4.79 Å². The first-order valence-corrected chi connectivity index (χ1v) is 11.1. The molecule has 0 amide bonds. The molecule has 0 radical (unpaired) electrons. The van der Waals surface area contributed by atoms with Crippen molar-refractivity contribution < 1.29 is 49.0 Å². The second kappa shape index (κ2) is 7.46. The van der Waals surface area contributed by atoms with Gasteiger partial charge >= 0.3 is 11.9 Å². The Balaban J connectivity index is 1.34. The van der Waals surface area contributed by atoms with Gasteiger partial charge in [-0.2, -0.15) is 0 Å². The van der Waals surface area contributed by atoms with Crippen molar-refractivity contribution in [2.75, 3.05) is 6.61 Å². The summed E-state index contributed by atoms with van der Waals surface area (Å²) >= 11 is 0. The Morgan fingerprint density at radius 2 is 1.76 bits per heavy atom. The Morgan fingerprint density at radius 1 is 1.06 bits per heavy atom. The van der Waals surface area contributed by atoms with Crippen molar-refractivity contribution in [1.29, 1.82) is 0 Å². The van der Waals surface area contributed by atoms with E-state index in [2.05, 4.69) is 0 Å². The molecule has 5 aliphatic rings. The molecule has 180 valence electrons. The minimum absolute atomic E-state index is 0.172. The van der Waals surface area contributed by atoms with Crippen LogP contribution in [0.5, 0.6) is 0 Å². The second-order valence-electron chi connectivity index (χ2n) is 9.83. The number of fused-ring (bicyclic) bond motifs is 1. The molecule has 33 heavy (non-hydrogen) atoms. The van der Waals surface area contributed by atoms with Crippen molar-refractivity contribution in [3.8, 4) is 0 Å². The number of benzene rings is 1. The van der Waals surface area contributed by atoms with Gasteiger partial charge in [-0.25, -0.2) is 4.79 Å². The van der Waals surface area contributed by atoms with Crippen LogP contribution in [0.25, 0.3) is 0 Å². The SMILES string of the molecule is CC12C(=O)O[C@@]3(C)C[C@@H](O)[C@H]1C[C@]23O[C@@H]1O[C@H](COC(=O)c2ccccc2)[C@@H](O)[C@H](O)[C@H]1O. The molecule has 2 aliphatic heterocycles. The molecule has 0 aromatic heterocycles. The summed E-state index contributed by atoms with van der Waals surface area (Å²) in [5, 5.41) is 41.9. The summed E-state index contributed by atoms with van der Waals surface area (Å²) in [6.45, 7) is 2.95. The lowest BCUT2D eigenvalue weighted by Crippen LogP contribution is -2.78. The maximum Gasteiger partial charge on any atom is 0.338 e. The topological polar surface area (TPSA) is 152 Å². The van der Waals surface area contributed by atoms with Crippen LogP contribution in [-0.4, -0.2) is 87.0 Å². The second-order valence-corrected chi connectivity index (χ2v) is 9.83. The third-order valence-corrected chi connectivity index (χ3v) is 8.12. The average molecular weight is 464 g/mol. The van der Waals surface area contributed by atoms with Crippen LogP contribution < -0.4 is 0 Å². The molecule has 1 unspecified atom stereocenters. The van der Waals surface area contributed by atoms with E-state index in [0.717, 1.165) is 0 Å². The first-order valence-electron chi connectivity index (χ1n) is 11.1. The van der Waals surface area contributed by atoms with E-state index in [4.69, 9.17) is 18.9 Å². The van der Waals surface area contributed by atoms with E-state index in [9.17, 15) is 30.0 Å². The zero-order valence-corrected chi connectivity index (χ0v) is 18.3. The van der Waals surface area contributed by atoms with Crippen molar-refractivity contribution in [3.05, 3.63) is 35.9 Å². The van der Waals surface area contributed by atoms with Crippen LogP contribution in [0.15, 0.2) is 30.3 Å². The first-order chi connectivity index (χ1) is 15.5. The number of aliphatic hydroxyl groups excluding tert-OH is 4. The predicted molar refractivity (Wildman–Crippen MR) is 109 cm³/mol. The summed E-state index contributed by atoms with van der Waals surface area (Å²) in [4.78, 5) is 25.0. The van der Waals surface area contributed by atoms with E-state index in [-0.39, 0.29) is 12.3 Å². The average Bonchev–Trinajstić information content (AvgIpc) is 2.85. The monoisotopic (exact) mass is 464 g/mol. The van der Waals surface area contributed by atoms with Gasteiger partial charge < -0.3 is 39.4 Å². The van der Waals surface area contributed by atoms with Crippen molar-refractivity contribution in [2.24, 2.45) is 11.3 Å². The van der Waals surface area contributed by atoms with E-state index < -0.39 is 72.0 Å². The minimum Gasteiger partial charge on any atom is -0.459 e. The molecule has 6 rings (SSSR count). The molecule has 2 heterocycles. The molecule has 4 N–H and O–H groups in total. The quantitative estimate of drug-likeness (QED) is 0.420. The number of aliphatic hydroxyl groups is 4. The molecule has 0 spiro atoms. The molecule has 2 saturated heterocycles. The molecule has 10 nitrogen and oxygen atoms in total. The highest BCUT2D eigenvalue weighted by atomic mass is 16.7. The highest BCUT2D eigenvalue weighted by Crippen LogP contribution is 2.73. The van der Waals surface area contributed by atoms with Crippen LogP contribution in [0.3, 0.4) is 0 Å². The van der Waals surface area contributed by atoms with Crippen LogP contribution in [0.2, 0.25) is 0 Å². The van der Waals surface area contributed by atoms with Gasteiger partial charge in [-0.15, -0.1) is 0 Å². The number of esters is 2. The Bertz CT molecular complexity index is 954. The molecular weight excluding hydrogens is 436 g/mol. The Morgan fingerprint density at radius 3 is 2.42 bits per heavy atom. The molecule has 10 heteroatoms. The van der Waals surface area contributed by atoms with Gasteiger partial charge in [0.1, 0.15) is 47.6 Å². The van der Waals surface area contributed by atoms with Crippen LogP contribution in [-0.2, 0) is 23.7 Å². The van der Waals surface area contributed by atoms with Gasteiger partial charge in [0.2, 0.25) is 0 Å². The maximum absolute atomic E-state index is 12.7. The fourth-order valence-corrected chi connectivity index (χ4v) is 6.10. The third-order valence-electron chi connectivity index (χ3n) is 8.12. The van der Waals surface area contributed by atoms with E-state index >= 15 is 0 Å². The van der Waals surface area contributed by atoms with Crippen molar-refractivity contribution in [2.45, 2.75) is 74.7 Å². The number of hydrogen-bond acceptors (Lipinski definition) is 10. The lowest BCUT2D eigenvalue weighted by atomic mass is 9.41. The maximum atomic E-state index is 12.7. The first kappa shape index (κ1) is 22.7. The third kappa shape index (κ3) is 2.95. The summed E-state index contributed by atoms with van der Waals surface area (Å²) < 4.78 is 22.8. The molecule has 10 atom stereocenters. The van der Waals surface area contributed by atoms with E-state index in [1.54, 1.807) is 44.2 Å². The lowest BCUT2D eigenvalue weighted by molar-refractivity contribution is -0.389. The molecule has 3 aliphatic carbocycles. The molecule has 1 aromatic carbocycles. The van der Waals surface area contributed by atoms with E-state index in [0.29, 0.717) is 12.0 Å². The summed E-state index contributed by atoms with van der Waals surface area (Å²) in [5.41, 5.74) is -3.16. The predicted octanol–water partition coefficient (Wildman–Crippen LogP) is -0.487. The Labute approximate surface area is 190 Å². The fraction of sp³-hybridized carbons (Fsp3) is 0.652. The smallest absolute Gasteiger partial charge is 0.338 e. The fourth-order valence-electron chi connectivity index (χ4n) is 6.10. The number of carbonyl (C=O) groups excluding carboxylic acids is 2. The van der Waals surface area contributed by atoms with Gasteiger partial charge in [-0.1, -0.05) is 18.2 Å². The van der Waals surface area contributed by atoms with Gasteiger partial charge in [0.05, 0.1) is 11.7 Å².